The van der Waals surface area contributed by atoms with Crippen molar-refractivity contribution in [3.8, 4) is 11.1 Å². The number of hydrogen-bond acceptors (Lipinski definition) is 1. The van der Waals surface area contributed by atoms with Crippen molar-refractivity contribution >= 4 is 40.2 Å². The van der Waals surface area contributed by atoms with E-state index in [1.807, 2.05) is 19.1 Å². The van der Waals surface area contributed by atoms with Gasteiger partial charge in [-0.1, -0.05) is 113 Å². The van der Waals surface area contributed by atoms with E-state index in [0.717, 1.165) is 79.3 Å². The van der Waals surface area contributed by atoms with Gasteiger partial charge >= 0.3 is 0 Å². The number of rotatable bonds is 12. The Hall–Kier alpha value is -3.29. The molecule has 3 rings (SSSR count). The average Bonchev–Trinajstić information content (AvgIpc) is 2.87. The molecule has 0 aliphatic heterocycles. The second kappa shape index (κ2) is 12.8. The largest absolute Gasteiger partial charge is 0.355 e. The molecule has 1 atom stereocenters. The summed E-state index contributed by atoms with van der Waals surface area (Å²) in [5.41, 5.74) is 11.3. The van der Waals surface area contributed by atoms with E-state index in [2.05, 4.69) is 101 Å². The van der Waals surface area contributed by atoms with Crippen LogP contribution in [0.25, 0.3) is 34.0 Å². The molecule has 0 bridgehead atoms. The molecule has 0 amide bonds. The molecule has 1 N–H and O–H groups in total. The van der Waals surface area contributed by atoms with E-state index in [9.17, 15) is 0 Å². The normalized spacial score (nSPS) is 11.6. The fourth-order valence-electron chi connectivity index (χ4n) is 4.71. The van der Waals surface area contributed by atoms with Crippen LogP contribution >= 0.6 is 11.6 Å². The lowest BCUT2D eigenvalue weighted by atomic mass is 9.92. The van der Waals surface area contributed by atoms with Gasteiger partial charge in [-0.3, -0.25) is 0 Å². The summed E-state index contributed by atoms with van der Waals surface area (Å²) in [5, 5.41) is 4.38. The van der Waals surface area contributed by atoms with Gasteiger partial charge in [0.15, 0.2) is 0 Å². The van der Waals surface area contributed by atoms with Crippen LogP contribution in [-0.4, -0.2) is 0 Å². The number of benzene rings is 3. The lowest BCUT2D eigenvalue weighted by molar-refractivity contribution is 0.493. The first kappa shape index (κ1) is 28.3. The van der Waals surface area contributed by atoms with Crippen LogP contribution in [0, 0.1) is 12.8 Å². The van der Waals surface area contributed by atoms with Gasteiger partial charge in [-0.25, -0.2) is 0 Å². The summed E-state index contributed by atoms with van der Waals surface area (Å²) in [6.07, 6.45) is 6.38. The third kappa shape index (κ3) is 7.14. The zero-order valence-electron chi connectivity index (χ0n) is 22.9. The maximum Gasteiger partial charge on any atom is 0.0487 e. The highest BCUT2D eigenvalue weighted by atomic mass is 35.5. The molecule has 192 valence electrons. The smallest absolute Gasteiger partial charge is 0.0487 e. The SMILES string of the molecule is C=Cc1ccc(C(=C)C)c(C(=C)Nc2cc(-c3ccc(C)cc3Cl)ccc2C(=C)CCC(C)CCC)c1. The molecular formula is C35H40ClN. The number of anilines is 1. The molecule has 0 aliphatic carbocycles. The molecule has 2 heteroatoms. The number of allylic oxidation sites excluding steroid dienone is 2. The van der Waals surface area contributed by atoms with Crippen molar-refractivity contribution in [3.63, 3.8) is 0 Å². The van der Waals surface area contributed by atoms with Crippen molar-refractivity contribution in [2.75, 3.05) is 5.32 Å². The standard InChI is InChI=1S/C35H40ClN/c1-9-11-24(5)12-14-26(7)31-19-16-29(32-17-13-25(6)20-34(32)36)22-35(31)37-27(8)33-21-28(10-2)15-18-30(33)23(3)4/h10,13,15-22,24,37H,2-3,7-9,11-12,14H2,1,4-6H3. The van der Waals surface area contributed by atoms with E-state index < -0.39 is 0 Å². The minimum atomic E-state index is 0.679. The fourth-order valence-corrected chi connectivity index (χ4v) is 5.05. The molecule has 37 heavy (non-hydrogen) atoms. The molecular weight excluding hydrogens is 470 g/mol. The minimum absolute atomic E-state index is 0.679. The van der Waals surface area contributed by atoms with Crippen LogP contribution in [0.5, 0.6) is 0 Å². The van der Waals surface area contributed by atoms with E-state index in [4.69, 9.17) is 11.6 Å². The number of aryl methyl sites for hydroxylation is 1. The topological polar surface area (TPSA) is 12.0 Å². The van der Waals surface area contributed by atoms with Gasteiger partial charge in [-0.2, -0.15) is 0 Å². The Morgan fingerprint density at radius 3 is 2.32 bits per heavy atom. The van der Waals surface area contributed by atoms with Gasteiger partial charge in [0, 0.05) is 33.1 Å². The summed E-state index contributed by atoms with van der Waals surface area (Å²) in [5.74, 6) is 0.679. The molecule has 0 radical (unpaired) electrons. The Kier molecular flexibility index (Phi) is 9.78. The van der Waals surface area contributed by atoms with Crippen LogP contribution in [-0.2, 0) is 0 Å². The third-order valence-corrected chi connectivity index (χ3v) is 7.22. The first-order chi connectivity index (χ1) is 17.6. The molecule has 1 nitrogen and oxygen atoms in total. The summed E-state index contributed by atoms with van der Waals surface area (Å²) in [6, 6.07) is 18.9. The van der Waals surface area contributed by atoms with Crippen LogP contribution in [0.3, 0.4) is 0 Å². The van der Waals surface area contributed by atoms with Crippen LogP contribution < -0.4 is 5.32 Å². The predicted octanol–water partition coefficient (Wildman–Crippen LogP) is 11.3. The van der Waals surface area contributed by atoms with Crippen LogP contribution in [0.15, 0.2) is 80.9 Å². The highest BCUT2D eigenvalue weighted by molar-refractivity contribution is 6.33. The van der Waals surface area contributed by atoms with Crippen molar-refractivity contribution in [3.05, 3.63) is 114 Å². The molecule has 0 saturated carbocycles. The Labute approximate surface area is 229 Å². The second-order valence-electron chi connectivity index (χ2n) is 10.2. The van der Waals surface area contributed by atoms with Crippen LogP contribution in [0.1, 0.15) is 74.3 Å². The van der Waals surface area contributed by atoms with E-state index >= 15 is 0 Å². The zero-order chi connectivity index (χ0) is 27.1. The van der Waals surface area contributed by atoms with Crippen molar-refractivity contribution in [2.24, 2.45) is 5.92 Å². The Morgan fingerprint density at radius 1 is 0.946 bits per heavy atom. The first-order valence-corrected chi connectivity index (χ1v) is 13.5. The van der Waals surface area contributed by atoms with Gasteiger partial charge in [0.1, 0.15) is 0 Å². The Morgan fingerprint density at radius 2 is 1.68 bits per heavy atom. The monoisotopic (exact) mass is 509 g/mol. The number of halogens is 1. The van der Waals surface area contributed by atoms with Gasteiger partial charge in [-0.05, 0) is 78.6 Å². The maximum atomic E-state index is 6.65. The predicted molar refractivity (Wildman–Crippen MR) is 168 cm³/mol. The molecule has 0 fully saturated rings. The van der Waals surface area contributed by atoms with Crippen LogP contribution in [0.4, 0.5) is 5.69 Å². The lowest BCUT2D eigenvalue weighted by Crippen LogP contribution is -2.04. The molecule has 3 aromatic rings. The number of hydrogen-bond donors (Lipinski definition) is 1. The molecule has 0 saturated heterocycles. The molecule has 0 aromatic heterocycles. The van der Waals surface area contributed by atoms with Gasteiger partial charge in [0.05, 0.1) is 0 Å². The van der Waals surface area contributed by atoms with Gasteiger partial charge in [0.2, 0.25) is 0 Å². The zero-order valence-corrected chi connectivity index (χ0v) is 23.6. The molecule has 0 aliphatic rings. The fraction of sp³-hybridized carbons (Fsp3) is 0.257. The highest BCUT2D eigenvalue weighted by Gasteiger charge is 2.15. The van der Waals surface area contributed by atoms with Crippen molar-refractivity contribution in [2.45, 2.75) is 53.4 Å². The summed E-state index contributed by atoms with van der Waals surface area (Å²) >= 11 is 6.65. The molecule has 3 aromatic carbocycles. The summed E-state index contributed by atoms with van der Waals surface area (Å²) in [7, 11) is 0. The van der Waals surface area contributed by atoms with Crippen molar-refractivity contribution < 1.29 is 0 Å². The maximum absolute atomic E-state index is 6.65. The average molecular weight is 510 g/mol. The highest BCUT2D eigenvalue weighted by Crippen LogP contribution is 2.37. The van der Waals surface area contributed by atoms with Gasteiger partial charge in [-0.15, -0.1) is 0 Å². The van der Waals surface area contributed by atoms with Crippen molar-refractivity contribution in [1.82, 2.24) is 0 Å². The van der Waals surface area contributed by atoms with E-state index in [1.165, 1.54) is 12.8 Å². The summed E-state index contributed by atoms with van der Waals surface area (Å²) in [4.78, 5) is 0. The van der Waals surface area contributed by atoms with E-state index in [0.29, 0.717) is 5.92 Å². The Balaban J connectivity index is 2.04. The summed E-state index contributed by atoms with van der Waals surface area (Å²) < 4.78 is 0. The molecule has 1 unspecified atom stereocenters. The Bertz CT molecular complexity index is 1330. The molecule has 0 spiro atoms. The minimum Gasteiger partial charge on any atom is -0.355 e. The van der Waals surface area contributed by atoms with Gasteiger partial charge < -0.3 is 5.32 Å². The first-order valence-electron chi connectivity index (χ1n) is 13.1. The van der Waals surface area contributed by atoms with E-state index in [-0.39, 0.29) is 0 Å². The van der Waals surface area contributed by atoms with Crippen LogP contribution in [0.2, 0.25) is 5.02 Å². The quantitative estimate of drug-likeness (QED) is 0.256. The second-order valence-corrected chi connectivity index (χ2v) is 10.6. The molecule has 0 heterocycles. The van der Waals surface area contributed by atoms with Crippen molar-refractivity contribution in [1.29, 1.82) is 0 Å². The van der Waals surface area contributed by atoms with Gasteiger partial charge in [0.25, 0.3) is 0 Å². The number of nitrogens with one attached hydrogen (secondary N) is 1. The summed E-state index contributed by atoms with van der Waals surface area (Å²) in [6.45, 7) is 25.7. The van der Waals surface area contributed by atoms with E-state index in [1.54, 1.807) is 0 Å². The third-order valence-electron chi connectivity index (χ3n) is 6.91. The lowest BCUT2D eigenvalue weighted by Gasteiger charge is -2.20.